The highest BCUT2D eigenvalue weighted by atomic mass is 14.7. The summed E-state index contributed by atoms with van der Waals surface area (Å²) in [5.74, 6) is 0. The van der Waals surface area contributed by atoms with Crippen LogP contribution in [0.3, 0.4) is 0 Å². The highest BCUT2D eigenvalue weighted by Crippen LogP contribution is 1.88. The van der Waals surface area contributed by atoms with E-state index in [2.05, 4.69) is 11.6 Å². The van der Waals surface area contributed by atoms with Crippen molar-refractivity contribution in [3.8, 4) is 0 Å². The van der Waals surface area contributed by atoms with Crippen molar-refractivity contribution < 1.29 is 0 Å². The van der Waals surface area contributed by atoms with Crippen molar-refractivity contribution in [3.63, 3.8) is 0 Å². The first-order chi connectivity index (χ1) is 4.31. The van der Waals surface area contributed by atoms with Crippen LogP contribution < -0.4 is 5.73 Å². The molecule has 0 atom stereocenters. The molecule has 0 saturated carbocycles. The number of nitrogens with zero attached hydrogens (tertiary/aromatic N) is 1. The Hall–Kier alpha value is -1.05. The van der Waals surface area contributed by atoms with Crippen molar-refractivity contribution in [2.45, 2.75) is 13.3 Å². The molecule has 0 spiro atoms. The van der Waals surface area contributed by atoms with Crippen molar-refractivity contribution in [2.24, 2.45) is 10.7 Å². The summed E-state index contributed by atoms with van der Waals surface area (Å²) >= 11 is 0. The maximum Gasteiger partial charge on any atom is 0.0455 e. The molecule has 0 heterocycles. The van der Waals surface area contributed by atoms with E-state index in [0.29, 0.717) is 0 Å². The van der Waals surface area contributed by atoms with Gasteiger partial charge >= 0.3 is 0 Å². The van der Waals surface area contributed by atoms with E-state index in [4.69, 9.17) is 5.73 Å². The number of rotatable bonds is 3. The first-order valence-corrected chi connectivity index (χ1v) is 2.90. The third-order valence-corrected chi connectivity index (χ3v) is 0.840. The minimum absolute atomic E-state index is 0.785. The summed E-state index contributed by atoms with van der Waals surface area (Å²) < 4.78 is 0. The number of hydrogen-bond acceptors (Lipinski definition) is 2. The van der Waals surface area contributed by atoms with Crippen LogP contribution in [0.2, 0.25) is 0 Å². The lowest BCUT2D eigenvalue weighted by Crippen LogP contribution is -1.92. The Balaban J connectivity index is 3.67. The lowest BCUT2D eigenvalue weighted by molar-refractivity contribution is 1.06. The van der Waals surface area contributed by atoms with Crippen LogP contribution in [0.1, 0.15) is 13.3 Å². The van der Waals surface area contributed by atoms with Crippen LogP contribution in [0, 0.1) is 0 Å². The van der Waals surface area contributed by atoms with E-state index in [1.165, 1.54) is 0 Å². The Morgan fingerprint density at radius 1 is 1.78 bits per heavy atom. The highest BCUT2D eigenvalue weighted by molar-refractivity contribution is 5.70. The fourth-order valence-electron chi connectivity index (χ4n) is 0.291. The van der Waals surface area contributed by atoms with E-state index in [1.807, 2.05) is 6.92 Å². The number of hydrogen-bond donors (Lipinski definition) is 1. The molecule has 0 aliphatic rings. The molecule has 0 aromatic carbocycles. The molecule has 0 aromatic heterocycles. The summed E-state index contributed by atoms with van der Waals surface area (Å²) in [6.45, 7) is 5.45. The van der Waals surface area contributed by atoms with Gasteiger partial charge in [0.1, 0.15) is 0 Å². The second-order valence-electron chi connectivity index (χ2n) is 1.59. The van der Waals surface area contributed by atoms with Crippen LogP contribution in [0.25, 0.3) is 0 Å². The van der Waals surface area contributed by atoms with Gasteiger partial charge in [-0.05, 0) is 6.42 Å². The number of aliphatic imine (C=N–C) groups is 1. The van der Waals surface area contributed by atoms with Gasteiger partial charge in [0.2, 0.25) is 0 Å². The summed E-state index contributed by atoms with van der Waals surface area (Å²) in [6, 6.07) is 0. The molecule has 50 valence electrons. The molecule has 0 aromatic rings. The van der Waals surface area contributed by atoms with Crippen LogP contribution >= 0.6 is 0 Å². The van der Waals surface area contributed by atoms with E-state index in [9.17, 15) is 0 Å². The zero-order chi connectivity index (χ0) is 7.11. The van der Waals surface area contributed by atoms with Crippen LogP contribution in [0.5, 0.6) is 0 Å². The Kier molecular flexibility index (Phi) is 4.50. The second kappa shape index (κ2) is 5.09. The smallest absolute Gasteiger partial charge is 0.0455 e. The Morgan fingerprint density at radius 3 is 2.89 bits per heavy atom. The third-order valence-electron chi connectivity index (χ3n) is 0.840. The van der Waals surface area contributed by atoms with Gasteiger partial charge in [-0.15, -0.1) is 0 Å². The number of allylic oxidation sites excluding steroid dienone is 2. The van der Waals surface area contributed by atoms with Crippen molar-refractivity contribution in [3.05, 3.63) is 24.6 Å². The van der Waals surface area contributed by atoms with Gasteiger partial charge in [0.05, 0.1) is 0 Å². The molecule has 9 heavy (non-hydrogen) atoms. The molecule has 2 N–H and O–H groups in total. The molecule has 0 rings (SSSR count). The molecular weight excluding hydrogens is 112 g/mol. The van der Waals surface area contributed by atoms with Crippen LogP contribution in [-0.2, 0) is 0 Å². The summed E-state index contributed by atoms with van der Waals surface area (Å²) in [5, 5.41) is 0. The summed E-state index contributed by atoms with van der Waals surface area (Å²) in [6.07, 6.45) is 5.68. The van der Waals surface area contributed by atoms with Gasteiger partial charge in [0.25, 0.3) is 0 Å². The SMILES string of the molecule is C=C/C=N\C=C(\N)CC. The molecule has 0 radical (unpaired) electrons. The second-order valence-corrected chi connectivity index (χ2v) is 1.59. The largest absolute Gasteiger partial charge is 0.401 e. The molecule has 2 heteroatoms. The van der Waals surface area contributed by atoms with E-state index in [-0.39, 0.29) is 0 Å². The predicted octanol–water partition coefficient (Wildman–Crippen LogP) is 1.45. The predicted molar refractivity (Wildman–Crippen MR) is 41.3 cm³/mol. The average Bonchev–Trinajstić information content (AvgIpc) is 1.89. The van der Waals surface area contributed by atoms with Crippen LogP contribution in [-0.4, -0.2) is 6.21 Å². The quantitative estimate of drug-likeness (QED) is 0.568. The lowest BCUT2D eigenvalue weighted by Gasteiger charge is -1.87. The van der Waals surface area contributed by atoms with E-state index in [0.717, 1.165) is 12.1 Å². The van der Waals surface area contributed by atoms with Gasteiger partial charge in [0.15, 0.2) is 0 Å². The molecule has 2 nitrogen and oxygen atoms in total. The molecular formula is C7H12N2. The van der Waals surface area contributed by atoms with E-state index >= 15 is 0 Å². The van der Waals surface area contributed by atoms with Crippen molar-refractivity contribution in [1.82, 2.24) is 0 Å². The van der Waals surface area contributed by atoms with Crippen molar-refractivity contribution >= 4 is 6.21 Å². The Morgan fingerprint density at radius 2 is 2.44 bits per heavy atom. The minimum atomic E-state index is 0.785. The standard InChI is InChI=1S/C7H12N2/c1-3-5-9-6-7(8)4-2/h3,5-6H,1,4,8H2,2H3/b7-6+,9-5-. The molecule has 0 aliphatic heterocycles. The summed E-state index contributed by atoms with van der Waals surface area (Å²) in [7, 11) is 0. The molecule has 0 unspecified atom stereocenters. The minimum Gasteiger partial charge on any atom is -0.401 e. The Bertz CT molecular complexity index is 134. The van der Waals surface area contributed by atoms with Gasteiger partial charge in [0, 0.05) is 18.1 Å². The lowest BCUT2D eigenvalue weighted by atomic mass is 10.4. The van der Waals surface area contributed by atoms with Crippen molar-refractivity contribution in [2.75, 3.05) is 0 Å². The summed E-state index contributed by atoms with van der Waals surface area (Å²) in [5.41, 5.74) is 6.21. The van der Waals surface area contributed by atoms with Gasteiger partial charge in [-0.3, -0.25) is 4.99 Å². The maximum atomic E-state index is 5.43. The van der Waals surface area contributed by atoms with Gasteiger partial charge < -0.3 is 5.73 Å². The topological polar surface area (TPSA) is 38.4 Å². The van der Waals surface area contributed by atoms with E-state index < -0.39 is 0 Å². The summed E-state index contributed by atoms with van der Waals surface area (Å²) in [4.78, 5) is 3.83. The maximum absolute atomic E-state index is 5.43. The molecule has 0 saturated heterocycles. The van der Waals surface area contributed by atoms with Gasteiger partial charge in [-0.25, -0.2) is 0 Å². The first-order valence-electron chi connectivity index (χ1n) is 2.90. The zero-order valence-corrected chi connectivity index (χ0v) is 5.67. The normalized spacial score (nSPS) is 12.3. The van der Waals surface area contributed by atoms with Crippen LogP contribution in [0.4, 0.5) is 0 Å². The van der Waals surface area contributed by atoms with Gasteiger partial charge in [-0.1, -0.05) is 19.6 Å². The fourth-order valence-corrected chi connectivity index (χ4v) is 0.291. The van der Waals surface area contributed by atoms with E-state index in [1.54, 1.807) is 18.5 Å². The molecule has 0 bridgehead atoms. The van der Waals surface area contributed by atoms with Gasteiger partial charge in [-0.2, -0.15) is 0 Å². The average molecular weight is 124 g/mol. The van der Waals surface area contributed by atoms with Crippen molar-refractivity contribution in [1.29, 1.82) is 0 Å². The third kappa shape index (κ3) is 4.81. The fraction of sp³-hybridized carbons (Fsp3) is 0.286. The van der Waals surface area contributed by atoms with Crippen LogP contribution in [0.15, 0.2) is 29.5 Å². The highest BCUT2D eigenvalue weighted by Gasteiger charge is 1.77. The Labute approximate surface area is 55.8 Å². The molecule has 0 aliphatic carbocycles. The first kappa shape index (κ1) is 7.95. The molecule has 0 fully saturated rings. The number of nitrogens with two attached hydrogens (primary N) is 1. The zero-order valence-electron chi connectivity index (χ0n) is 5.67. The monoisotopic (exact) mass is 124 g/mol. The molecule has 0 amide bonds.